The van der Waals surface area contributed by atoms with Crippen LogP contribution >= 0.6 is 0 Å². The molecule has 1 fully saturated rings. The number of nitrogens with zero attached hydrogens (tertiary/aromatic N) is 2. The number of nitrogens with two attached hydrogens (primary N) is 1. The van der Waals surface area contributed by atoms with Crippen molar-refractivity contribution in [3.05, 3.63) is 11.7 Å². The summed E-state index contributed by atoms with van der Waals surface area (Å²) in [4.78, 5) is 4.26. The van der Waals surface area contributed by atoms with Gasteiger partial charge >= 0.3 is 0 Å². The van der Waals surface area contributed by atoms with Gasteiger partial charge in [0.25, 0.3) is 0 Å². The molecule has 2 heterocycles. The van der Waals surface area contributed by atoms with E-state index in [0.717, 1.165) is 0 Å². The molecule has 4 atom stereocenters. The van der Waals surface area contributed by atoms with Crippen molar-refractivity contribution in [2.75, 3.05) is 0 Å². The zero-order valence-electron chi connectivity index (χ0n) is 9.30. The third kappa shape index (κ3) is 1.77. The fourth-order valence-electron chi connectivity index (χ4n) is 2.18. The quantitative estimate of drug-likeness (QED) is 0.791. The van der Waals surface area contributed by atoms with Crippen molar-refractivity contribution in [1.29, 1.82) is 0 Å². The maximum absolute atomic E-state index is 5.72. The van der Waals surface area contributed by atoms with Gasteiger partial charge in [-0.15, -0.1) is 0 Å². The molecule has 2 N–H and O–H groups in total. The van der Waals surface area contributed by atoms with E-state index in [1.54, 1.807) is 0 Å². The first-order valence-electron chi connectivity index (χ1n) is 5.31. The zero-order chi connectivity index (χ0) is 11.0. The summed E-state index contributed by atoms with van der Waals surface area (Å²) in [5.41, 5.74) is 5.44. The lowest BCUT2D eigenvalue weighted by atomic mass is 9.89. The molecular weight excluding hydrogens is 194 g/mol. The lowest BCUT2D eigenvalue weighted by Gasteiger charge is -2.12. The fourth-order valence-corrected chi connectivity index (χ4v) is 2.18. The molecule has 1 aromatic heterocycles. The van der Waals surface area contributed by atoms with Gasteiger partial charge in [0.1, 0.15) is 0 Å². The van der Waals surface area contributed by atoms with Gasteiger partial charge in [0.2, 0.25) is 5.89 Å². The molecule has 2 rings (SSSR count). The van der Waals surface area contributed by atoms with Crippen LogP contribution in [0, 0.1) is 5.92 Å². The Balaban J connectivity index is 2.22. The van der Waals surface area contributed by atoms with E-state index >= 15 is 0 Å². The predicted molar refractivity (Wildman–Crippen MR) is 54.1 cm³/mol. The van der Waals surface area contributed by atoms with Gasteiger partial charge in [0.15, 0.2) is 5.82 Å². The smallest absolute Gasteiger partial charge is 0.232 e. The number of rotatable bonds is 2. The van der Waals surface area contributed by atoms with E-state index in [2.05, 4.69) is 24.0 Å². The summed E-state index contributed by atoms with van der Waals surface area (Å²) in [7, 11) is 0. The number of ether oxygens (including phenoxy) is 1. The minimum absolute atomic E-state index is 0.126. The summed E-state index contributed by atoms with van der Waals surface area (Å²) in [5, 5.41) is 3.81. The maximum atomic E-state index is 5.72. The number of hydrogen-bond acceptors (Lipinski definition) is 5. The molecule has 5 nitrogen and oxygen atoms in total. The van der Waals surface area contributed by atoms with Crippen LogP contribution in [0.5, 0.6) is 0 Å². The van der Waals surface area contributed by atoms with E-state index < -0.39 is 0 Å². The van der Waals surface area contributed by atoms with Crippen molar-refractivity contribution in [2.45, 2.75) is 45.4 Å². The molecule has 1 aliphatic heterocycles. The Labute approximate surface area is 89.0 Å². The Bertz CT molecular complexity index is 339. The van der Waals surface area contributed by atoms with Crippen LogP contribution in [0.3, 0.4) is 0 Å². The molecule has 0 spiro atoms. The Hall–Kier alpha value is -0.940. The second-order valence-electron chi connectivity index (χ2n) is 4.18. The van der Waals surface area contributed by atoms with Crippen molar-refractivity contribution < 1.29 is 9.26 Å². The number of aromatic nitrogens is 2. The molecule has 5 heteroatoms. The van der Waals surface area contributed by atoms with Crippen LogP contribution < -0.4 is 5.73 Å². The van der Waals surface area contributed by atoms with E-state index in [1.165, 1.54) is 0 Å². The highest BCUT2D eigenvalue weighted by molar-refractivity contribution is 5.03. The van der Waals surface area contributed by atoms with Crippen LogP contribution in [0.15, 0.2) is 4.52 Å². The molecule has 0 radical (unpaired) electrons. The van der Waals surface area contributed by atoms with Crippen molar-refractivity contribution in [3.8, 4) is 0 Å². The zero-order valence-corrected chi connectivity index (χ0v) is 9.30. The first kappa shape index (κ1) is 10.6. The van der Waals surface area contributed by atoms with Gasteiger partial charge < -0.3 is 15.0 Å². The second kappa shape index (κ2) is 3.90. The molecule has 0 bridgehead atoms. The van der Waals surface area contributed by atoms with E-state index in [4.69, 9.17) is 15.0 Å². The van der Waals surface area contributed by atoms with Crippen molar-refractivity contribution in [2.24, 2.45) is 11.7 Å². The van der Waals surface area contributed by atoms with Crippen molar-refractivity contribution in [3.63, 3.8) is 0 Å². The molecule has 0 aromatic carbocycles. The van der Waals surface area contributed by atoms with Gasteiger partial charge in [0.05, 0.1) is 24.7 Å². The van der Waals surface area contributed by atoms with Crippen LogP contribution in [-0.4, -0.2) is 22.3 Å². The standard InChI is InChI=1S/C10H17N3O2/c1-5-6(2)14-7(3)9(5)10-12-8(4-11)13-15-10/h5-7,9H,4,11H2,1-3H3. The Kier molecular flexibility index (Phi) is 2.75. The summed E-state index contributed by atoms with van der Waals surface area (Å²) in [6, 6.07) is 0. The first-order chi connectivity index (χ1) is 7.13. The maximum Gasteiger partial charge on any atom is 0.232 e. The van der Waals surface area contributed by atoms with Gasteiger partial charge in [0, 0.05) is 0 Å². The monoisotopic (exact) mass is 211 g/mol. The largest absolute Gasteiger partial charge is 0.374 e. The third-order valence-corrected chi connectivity index (χ3v) is 3.19. The Morgan fingerprint density at radius 1 is 1.27 bits per heavy atom. The van der Waals surface area contributed by atoms with E-state index in [1.807, 2.05) is 6.92 Å². The lowest BCUT2D eigenvalue weighted by molar-refractivity contribution is 0.0542. The molecule has 1 saturated heterocycles. The molecule has 0 aliphatic carbocycles. The molecular formula is C10H17N3O2. The minimum atomic E-state index is 0.126. The molecule has 15 heavy (non-hydrogen) atoms. The van der Waals surface area contributed by atoms with Gasteiger partial charge in [-0.25, -0.2) is 0 Å². The van der Waals surface area contributed by atoms with E-state index in [9.17, 15) is 0 Å². The normalized spacial score (nSPS) is 36.0. The molecule has 4 unspecified atom stereocenters. The van der Waals surface area contributed by atoms with Crippen molar-refractivity contribution in [1.82, 2.24) is 10.1 Å². The highest BCUT2D eigenvalue weighted by Gasteiger charge is 2.41. The summed E-state index contributed by atoms with van der Waals surface area (Å²) >= 11 is 0. The van der Waals surface area contributed by atoms with Crippen LogP contribution in [0.1, 0.15) is 38.4 Å². The predicted octanol–water partition coefficient (Wildman–Crippen LogP) is 1.06. The van der Waals surface area contributed by atoms with Gasteiger partial charge in [-0.1, -0.05) is 12.1 Å². The molecule has 1 aromatic rings. The van der Waals surface area contributed by atoms with Crippen LogP contribution in [0.25, 0.3) is 0 Å². The fraction of sp³-hybridized carbons (Fsp3) is 0.800. The van der Waals surface area contributed by atoms with Gasteiger partial charge in [-0.2, -0.15) is 4.98 Å². The van der Waals surface area contributed by atoms with Crippen LogP contribution in [0.2, 0.25) is 0 Å². The SMILES string of the molecule is CC1OC(C)C(c2nc(CN)no2)C1C. The second-order valence-corrected chi connectivity index (χ2v) is 4.18. The Morgan fingerprint density at radius 2 is 2.00 bits per heavy atom. The average molecular weight is 211 g/mol. The molecule has 0 amide bonds. The average Bonchev–Trinajstić information content (AvgIpc) is 2.74. The minimum Gasteiger partial charge on any atom is -0.374 e. The summed E-state index contributed by atoms with van der Waals surface area (Å²) in [6.45, 7) is 6.57. The Morgan fingerprint density at radius 3 is 2.47 bits per heavy atom. The summed E-state index contributed by atoms with van der Waals surface area (Å²) < 4.78 is 10.9. The molecule has 0 saturated carbocycles. The highest BCUT2D eigenvalue weighted by atomic mass is 16.5. The van der Waals surface area contributed by atoms with Crippen LogP contribution in [-0.2, 0) is 11.3 Å². The lowest BCUT2D eigenvalue weighted by Crippen LogP contribution is -2.15. The van der Waals surface area contributed by atoms with Gasteiger partial charge in [-0.3, -0.25) is 0 Å². The van der Waals surface area contributed by atoms with Gasteiger partial charge in [-0.05, 0) is 19.8 Å². The van der Waals surface area contributed by atoms with Crippen LogP contribution in [0.4, 0.5) is 0 Å². The summed E-state index contributed by atoms with van der Waals surface area (Å²) in [5.74, 6) is 1.79. The van der Waals surface area contributed by atoms with E-state index in [0.29, 0.717) is 24.2 Å². The first-order valence-corrected chi connectivity index (χ1v) is 5.31. The summed E-state index contributed by atoms with van der Waals surface area (Å²) in [6.07, 6.45) is 0.360. The molecule has 84 valence electrons. The van der Waals surface area contributed by atoms with Crippen molar-refractivity contribution >= 4 is 0 Å². The topological polar surface area (TPSA) is 74.2 Å². The van der Waals surface area contributed by atoms with E-state index in [-0.39, 0.29) is 18.1 Å². The third-order valence-electron chi connectivity index (χ3n) is 3.19. The highest BCUT2D eigenvalue weighted by Crippen LogP contribution is 2.38. The number of hydrogen-bond donors (Lipinski definition) is 1. The molecule has 1 aliphatic rings.